The van der Waals surface area contributed by atoms with Crippen molar-refractivity contribution in [1.82, 2.24) is 5.32 Å². The Morgan fingerprint density at radius 3 is 2.24 bits per heavy atom. The molecule has 0 radical (unpaired) electrons. The van der Waals surface area contributed by atoms with Gasteiger partial charge in [0.1, 0.15) is 0 Å². The summed E-state index contributed by atoms with van der Waals surface area (Å²) in [5.74, 6) is 1.13. The van der Waals surface area contributed by atoms with E-state index >= 15 is 0 Å². The van der Waals surface area contributed by atoms with Crippen LogP contribution in [0, 0.1) is 5.41 Å². The molecule has 0 saturated carbocycles. The molecule has 0 bridgehead atoms. The van der Waals surface area contributed by atoms with Crippen molar-refractivity contribution < 1.29 is 14.3 Å². The van der Waals surface area contributed by atoms with Gasteiger partial charge in [0, 0.05) is 0 Å². The quantitative estimate of drug-likeness (QED) is 0.873. The number of rotatable bonds is 5. The van der Waals surface area contributed by atoms with E-state index in [0.717, 1.165) is 5.56 Å². The summed E-state index contributed by atoms with van der Waals surface area (Å²) < 4.78 is 10.5. The third kappa shape index (κ3) is 4.36. The molecule has 0 heterocycles. The van der Waals surface area contributed by atoms with Gasteiger partial charge in [0.05, 0.1) is 26.3 Å². The summed E-state index contributed by atoms with van der Waals surface area (Å²) in [6.45, 7) is 7.74. The Labute approximate surface area is 126 Å². The Morgan fingerprint density at radius 1 is 1.19 bits per heavy atom. The van der Waals surface area contributed by atoms with Crippen molar-refractivity contribution in [1.29, 1.82) is 0 Å². The van der Waals surface area contributed by atoms with E-state index in [9.17, 15) is 4.79 Å². The molecular formula is C16H26N2O3. The Bertz CT molecular complexity index is 495. The van der Waals surface area contributed by atoms with Crippen LogP contribution in [0.2, 0.25) is 0 Å². The number of carbonyl (C=O) groups is 1. The van der Waals surface area contributed by atoms with Crippen LogP contribution in [-0.2, 0) is 4.79 Å². The van der Waals surface area contributed by atoms with E-state index in [4.69, 9.17) is 15.2 Å². The van der Waals surface area contributed by atoms with E-state index in [0.29, 0.717) is 11.5 Å². The molecule has 0 spiro atoms. The lowest BCUT2D eigenvalue weighted by Gasteiger charge is -2.27. The molecule has 0 aromatic heterocycles. The van der Waals surface area contributed by atoms with Crippen LogP contribution >= 0.6 is 0 Å². The molecule has 1 amide bonds. The average molecular weight is 294 g/mol. The lowest BCUT2D eigenvalue weighted by atomic mass is 9.86. The summed E-state index contributed by atoms with van der Waals surface area (Å²) in [7, 11) is 3.17. The highest BCUT2D eigenvalue weighted by molar-refractivity contribution is 5.82. The Morgan fingerprint density at radius 2 is 1.76 bits per heavy atom. The van der Waals surface area contributed by atoms with Gasteiger partial charge in [0.25, 0.3) is 0 Å². The van der Waals surface area contributed by atoms with Gasteiger partial charge in [-0.3, -0.25) is 4.79 Å². The van der Waals surface area contributed by atoms with Gasteiger partial charge >= 0.3 is 0 Å². The normalized spacial score (nSPS) is 14.2. The van der Waals surface area contributed by atoms with Crippen molar-refractivity contribution in [3.8, 4) is 11.5 Å². The first-order valence-corrected chi connectivity index (χ1v) is 6.98. The number of hydrogen-bond acceptors (Lipinski definition) is 4. The number of amides is 1. The maximum absolute atomic E-state index is 12.2. The molecular weight excluding hydrogens is 268 g/mol. The highest BCUT2D eigenvalue weighted by Gasteiger charge is 2.28. The molecule has 118 valence electrons. The number of ether oxygens (including phenoxy) is 2. The van der Waals surface area contributed by atoms with Gasteiger partial charge < -0.3 is 20.5 Å². The number of benzene rings is 1. The number of hydrogen-bond donors (Lipinski definition) is 2. The average Bonchev–Trinajstić information content (AvgIpc) is 2.44. The second-order valence-electron chi connectivity index (χ2n) is 6.19. The Hall–Kier alpha value is -1.75. The minimum absolute atomic E-state index is 0.161. The molecule has 21 heavy (non-hydrogen) atoms. The van der Waals surface area contributed by atoms with Gasteiger partial charge in [-0.1, -0.05) is 26.8 Å². The van der Waals surface area contributed by atoms with E-state index in [1.807, 2.05) is 45.9 Å². The summed E-state index contributed by atoms with van der Waals surface area (Å²) in [4.78, 5) is 12.2. The number of nitrogens with one attached hydrogen (secondary N) is 1. The zero-order valence-corrected chi connectivity index (χ0v) is 13.7. The monoisotopic (exact) mass is 294 g/mol. The fraction of sp³-hybridized carbons (Fsp3) is 0.562. The Kier molecular flexibility index (Phi) is 5.61. The molecule has 1 unspecified atom stereocenters. The summed E-state index contributed by atoms with van der Waals surface area (Å²) in [5.41, 5.74) is 6.62. The van der Waals surface area contributed by atoms with Gasteiger partial charge in [0.2, 0.25) is 5.91 Å². The van der Waals surface area contributed by atoms with Crippen molar-refractivity contribution in [2.45, 2.75) is 39.8 Å². The zero-order chi connectivity index (χ0) is 16.2. The second-order valence-corrected chi connectivity index (χ2v) is 6.19. The standard InChI is InChI=1S/C16H26N2O3/c1-10(18-15(19)14(17)16(2,3)4)11-7-8-12(20-5)13(9-11)21-6/h7-10,14H,17H2,1-6H3,(H,18,19)/t10?,14-/m1/s1. The summed E-state index contributed by atoms with van der Waals surface area (Å²) >= 11 is 0. The van der Waals surface area contributed by atoms with Crippen molar-refractivity contribution in [2.75, 3.05) is 14.2 Å². The van der Waals surface area contributed by atoms with Crippen molar-refractivity contribution in [2.24, 2.45) is 11.1 Å². The summed E-state index contributed by atoms with van der Waals surface area (Å²) in [5, 5.41) is 2.93. The van der Waals surface area contributed by atoms with Crippen LogP contribution in [0.15, 0.2) is 18.2 Å². The van der Waals surface area contributed by atoms with Crippen LogP contribution in [0.3, 0.4) is 0 Å². The molecule has 1 aromatic rings. The predicted molar refractivity (Wildman–Crippen MR) is 83.5 cm³/mol. The smallest absolute Gasteiger partial charge is 0.237 e. The number of methoxy groups -OCH3 is 2. The lowest BCUT2D eigenvalue weighted by Crippen LogP contribution is -2.49. The second kappa shape index (κ2) is 6.80. The molecule has 0 saturated heterocycles. The van der Waals surface area contributed by atoms with Crippen LogP contribution in [0.4, 0.5) is 0 Å². The van der Waals surface area contributed by atoms with Crippen LogP contribution in [0.25, 0.3) is 0 Å². The molecule has 1 aromatic carbocycles. The largest absolute Gasteiger partial charge is 0.493 e. The first-order chi connectivity index (χ1) is 9.70. The van der Waals surface area contributed by atoms with Crippen LogP contribution in [0.1, 0.15) is 39.3 Å². The highest BCUT2D eigenvalue weighted by Crippen LogP contribution is 2.30. The molecule has 3 N–H and O–H groups in total. The van der Waals surface area contributed by atoms with E-state index in [1.54, 1.807) is 14.2 Å². The molecule has 0 aliphatic heterocycles. The summed E-state index contributed by atoms with van der Waals surface area (Å²) in [6, 6.07) is 4.85. The third-order valence-corrected chi connectivity index (χ3v) is 3.48. The molecule has 0 aliphatic rings. The molecule has 0 aliphatic carbocycles. The topological polar surface area (TPSA) is 73.6 Å². The SMILES string of the molecule is COc1ccc(C(C)NC(=O)[C@@H](N)C(C)(C)C)cc1OC. The first-order valence-electron chi connectivity index (χ1n) is 6.98. The summed E-state index contributed by atoms with van der Waals surface area (Å²) in [6.07, 6.45) is 0. The zero-order valence-electron chi connectivity index (χ0n) is 13.7. The predicted octanol–water partition coefficient (Wildman–Crippen LogP) is 2.25. The van der Waals surface area contributed by atoms with E-state index in [-0.39, 0.29) is 17.4 Å². The van der Waals surface area contributed by atoms with Crippen molar-refractivity contribution >= 4 is 5.91 Å². The maximum atomic E-state index is 12.2. The fourth-order valence-electron chi connectivity index (χ4n) is 1.90. The lowest BCUT2D eigenvalue weighted by molar-refractivity contribution is -0.125. The Balaban J connectivity index is 2.85. The van der Waals surface area contributed by atoms with Gasteiger partial charge in [-0.2, -0.15) is 0 Å². The molecule has 5 nitrogen and oxygen atoms in total. The van der Waals surface area contributed by atoms with E-state index < -0.39 is 6.04 Å². The first kappa shape index (κ1) is 17.3. The van der Waals surface area contributed by atoms with E-state index in [2.05, 4.69) is 5.32 Å². The molecule has 2 atom stereocenters. The highest BCUT2D eigenvalue weighted by atomic mass is 16.5. The van der Waals surface area contributed by atoms with Gasteiger partial charge in [-0.25, -0.2) is 0 Å². The molecule has 5 heteroatoms. The van der Waals surface area contributed by atoms with Crippen molar-refractivity contribution in [3.63, 3.8) is 0 Å². The van der Waals surface area contributed by atoms with Crippen LogP contribution in [0.5, 0.6) is 11.5 Å². The van der Waals surface area contributed by atoms with E-state index in [1.165, 1.54) is 0 Å². The third-order valence-electron chi connectivity index (χ3n) is 3.48. The van der Waals surface area contributed by atoms with Crippen molar-refractivity contribution in [3.05, 3.63) is 23.8 Å². The fourth-order valence-corrected chi connectivity index (χ4v) is 1.90. The minimum atomic E-state index is -0.555. The molecule has 0 fully saturated rings. The van der Waals surface area contributed by atoms with Gasteiger partial charge in [-0.05, 0) is 30.0 Å². The number of carbonyl (C=O) groups excluding carboxylic acids is 1. The maximum Gasteiger partial charge on any atom is 0.237 e. The van der Waals surface area contributed by atoms with Crippen LogP contribution < -0.4 is 20.5 Å². The van der Waals surface area contributed by atoms with Gasteiger partial charge in [-0.15, -0.1) is 0 Å². The minimum Gasteiger partial charge on any atom is -0.493 e. The number of nitrogens with two attached hydrogens (primary N) is 1. The van der Waals surface area contributed by atoms with Gasteiger partial charge in [0.15, 0.2) is 11.5 Å². The molecule has 1 rings (SSSR count). The van der Waals surface area contributed by atoms with Crippen LogP contribution in [-0.4, -0.2) is 26.2 Å².